The van der Waals surface area contributed by atoms with Crippen LogP contribution in [0.2, 0.25) is 0 Å². The van der Waals surface area contributed by atoms with Gasteiger partial charge >= 0.3 is 0 Å². The zero-order chi connectivity index (χ0) is 27.3. The van der Waals surface area contributed by atoms with Crippen LogP contribution >= 0.6 is 0 Å². The van der Waals surface area contributed by atoms with E-state index in [1.807, 2.05) is 62.4 Å². The molecule has 0 aliphatic carbocycles. The molecule has 0 spiro atoms. The number of benzene rings is 2. The van der Waals surface area contributed by atoms with Crippen molar-refractivity contribution in [3.63, 3.8) is 0 Å². The number of hydrogen-bond acceptors (Lipinski definition) is 7. The van der Waals surface area contributed by atoms with Crippen LogP contribution in [0.3, 0.4) is 0 Å². The van der Waals surface area contributed by atoms with E-state index < -0.39 is 0 Å². The number of aryl methyl sites for hydroxylation is 2. The van der Waals surface area contributed by atoms with Crippen molar-refractivity contribution < 1.29 is 4.79 Å². The normalized spacial score (nSPS) is 15.8. The fourth-order valence-electron chi connectivity index (χ4n) is 5.57. The van der Waals surface area contributed by atoms with E-state index in [0.29, 0.717) is 47.6 Å². The second kappa shape index (κ2) is 9.63. The van der Waals surface area contributed by atoms with Gasteiger partial charge in [-0.05, 0) is 42.5 Å². The molecule has 1 unspecified atom stereocenters. The summed E-state index contributed by atoms with van der Waals surface area (Å²) < 4.78 is 3.56. The Morgan fingerprint density at radius 3 is 2.67 bits per heavy atom. The summed E-state index contributed by atoms with van der Waals surface area (Å²) in [4.78, 5) is 36.7. The summed E-state index contributed by atoms with van der Waals surface area (Å²) in [6.45, 7) is 7.56. The van der Waals surface area contributed by atoms with Crippen LogP contribution in [-0.4, -0.2) is 54.8 Å². The smallest absolute Gasteiger partial charge is 0.263 e. The van der Waals surface area contributed by atoms with Gasteiger partial charge in [0.1, 0.15) is 12.1 Å². The molecule has 1 amide bonds. The summed E-state index contributed by atoms with van der Waals surface area (Å²) in [5.41, 5.74) is 11.0. The number of rotatable bonds is 4. The Bertz CT molecular complexity index is 1810. The second-order valence-corrected chi connectivity index (χ2v) is 10.1. The van der Waals surface area contributed by atoms with Gasteiger partial charge in [-0.1, -0.05) is 36.4 Å². The lowest BCUT2D eigenvalue weighted by molar-refractivity contribution is -0.130. The molecule has 10 nitrogen and oxygen atoms in total. The summed E-state index contributed by atoms with van der Waals surface area (Å²) in [6.07, 6.45) is 1.42. The van der Waals surface area contributed by atoms with Crippen LogP contribution in [0.4, 0.5) is 5.82 Å². The number of nitrogens with zero attached hydrogens (tertiary/aromatic N) is 6. The Balaban J connectivity index is 1.55. The van der Waals surface area contributed by atoms with E-state index in [1.54, 1.807) is 21.1 Å². The molecule has 39 heavy (non-hydrogen) atoms. The minimum atomic E-state index is -0.225. The first-order chi connectivity index (χ1) is 18.8. The first kappa shape index (κ1) is 24.7. The lowest BCUT2D eigenvalue weighted by atomic mass is 10.1. The van der Waals surface area contributed by atoms with Gasteiger partial charge in [-0.25, -0.2) is 14.6 Å². The van der Waals surface area contributed by atoms with Gasteiger partial charge in [0.15, 0.2) is 5.65 Å². The topological polar surface area (TPSA) is 124 Å². The summed E-state index contributed by atoms with van der Waals surface area (Å²) >= 11 is 0. The predicted molar refractivity (Wildman–Crippen MR) is 151 cm³/mol. The molecule has 10 heteroatoms. The molecule has 198 valence electrons. The SMILES string of the molecule is CC(=O)N1CCNC(c2nn(Cc3cc4cccc(C)c4c(=O)n3-c3ccccc3C)c3ncnc(N)c23)C1. The van der Waals surface area contributed by atoms with Crippen molar-refractivity contribution in [1.82, 2.24) is 34.5 Å². The van der Waals surface area contributed by atoms with Gasteiger partial charge in [0.25, 0.3) is 5.56 Å². The van der Waals surface area contributed by atoms with E-state index in [4.69, 9.17) is 10.8 Å². The molecule has 3 aromatic heterocycles. The third-order valence-corrected chi connectivity index (χ3v) is 7.54. The number of nitrogen functional groups attached to an aromatic ring is 1. The van der Waals surface area contributed by atoms with Gasteiger partial charge < -0.3 is 16.0 Å². The minimum absolute atomic E-state index is 0.0168. The molecule has 4 heterocycles. The summed E-state index contributed by atoms with van der Waals surface area (Å²) in [5.74, 6) is 0.344. The molecule has 1 saturated heterocycles. The third-order valence-electron chi connectivity index (χ3n) is 7.54. The van der Waals surface area contributed by atoms with Crippen LogP contribution in [-0.2, 0) is 11.3 Å². The Morgan fingerprint density at radius 2 is 1.87 bits per heavy atom. The lowest BCUT2D eigenvalue weighted by Crippen LogP contribution is -2.47. The highest BCUT2D eigenvalue weighted by Crippen LogP contribution is 2.29. The number of amides is 1. The maximum atomic E-state index is 14.0. The number of hydrogen-bond donors (Lipinski definition) is 2. The van der Waals surface area contributed by atoms with Gasteiger partial charge in [-0.2, -0.15) is 5.10 Å². The molecule has 0 radical (unpaired) electrons. The Kier molecular flexibility index (Phi) is 6.11. The molecule has 1 aliphatic heterocycles. The number of piperazine rings is 1. The van der Waals surface area contributed by atoms with Crippen LogP contribution in [0, 0.1) is 13.8 Å². The average Bonchev–Trinajstić information content (AvgIpc) is 3.29. The molecule has 0 saturated carbocycles. The molecule has 1 atom stereocenters. The lowest BCUT2D eigenvalue weighted by Gasteiger charge is -2.32. The molecule has 1 aliphatic rings. The largest absolute Gasteiger partial charge is 0.383 e. The number of pyridine rings is 1. The van der Waals surface area contributed by atoms with Crippen molar-refractivity contribution in [2.75, 3.05) is 25.4 Å². The molecule has 2 aromatic carbocycles. The Morgan fingerprint density at radius 1 is 1.08 bits per heavy atom. The molecule has 1 fully saturated rings. The maximum Gasteiger partial charge on any atom is 0.263 e. The first-order valence-corrected chi connectivity index (χ1v) is 13.0. The van der Waals surface area contributed by atoms with Gasteiger partial charge in [0, 0.05) is 32.3 Å². The van der Waals surface area contributed by atoms with E-state index in [-0.39, 0.29) is 24.1 Å². The van der Waals surface area contributed by atoms with E-state index in [9.17, 15) is 9.59 Å². The molecular weight excluding hydrogens is 492 g/mol. The standard InChI is InChI=1S/C29H30N8O2/c1-17-7-4-5-10-23(17)37-21(13-20-9-6-8-18(2)24(20)29(37)39)14-36-28-25(27(30)32-16-33-28)26(34-36)22-15-35(19(3)38)12-11-31-22/h4-10,13,16,22,31H,11-12,14-15H2,1-3H3,(H2,30,32,33). The highest BCUT2D eigenvalue weighted by Gasteiger charge is 2.29. The predicted octanol–water partition coefficient (Wildman–Crippen LogP) is 2.87. The van der Waals surface area contributed by atoms with Gasteiger partial charge in [0.05, 0.1) is 34.7 Å². The van der Waals surface area contributed by atoms with Gasteiger partial charge in [-0.3, -0.25) is 14.2 Å². The summed E-state index contributed by atoms with van der Waals surface area (Å²) in [7, 11) is 0. The zero-order valence-electron chi connectivity index (χ0n) is 22.2. The van der Waals surface area contributed by atoms with Crippen molar-refractivity contribution in [1.29, 1.82) is 0 Å². The number of aromatic nitrogens is 5. The van der Waals surface area contributed by atoms with Crippen molar-refractivity contribution in [3.8, 4) is 5.69 Å². The minimum Gasteiger partial charge on any atom is -0.383 e. The average molecular weight is 523 g/mol. The van der Waals surface area contributed by atoms with Crippen LogP contribution in [0.5, 0.6) is 0 Å². The highest BCUT2D eigenvalue weighted by atomic mass is 16.2. The monoisotopic (exact) mass is 522 g/mol. The van der Waals surface area contributed by atoms with Crippen molar-refractivity contribution in [2.24, 2.45) is 0 Å². The van der Waals surface area contributed by atoms with Gasteiger partial charge in [0.2, 0.25) is 5.91 Å². The molecular formula is C29H30N8O2. The highest BCUT2D eigenvalue weighted by molar-refractivity contribution is 5.89. The molecule has 3 N–H and O–H groups in total. The second-order valence-electron chi connectivity index (χ2n) is 10.1. The van der Waals surface area contributed by atoms with Crippen molar-refractivity contribution >= 4 is 33.5 Å². The van der Waals surface area contributed by atoms with Crippen LogP contribution in [0.1, 0.15) is 35.5 Å². The number of fused-ring (bicyclic) bond motifs is 2. The third kappa shape index (κ3) is 4.22. The quantitative estimate of drug-likeness (QED) is 0.372. The van der Waals surface area contributed by atoms with Crippen molar-refractivity contribution in [2.45, 2.75) is 33.4 Å². The van der Waals surface area contributed by atoms with Crippen LogP contribution < -0.4 is 16.6 Å². The first-order valence-electron chi connectivity index (χ1n) is 13.0. The fraction of sp³-hybridized carbons (Fsp3) is 0.276. The maximum absolute atomic E-state index is 14.0. The van der Waals surface area contributed by atoms with E-state index >= 15 is 0 Å². The summed E-state index contributed by atoms with van der Waals surface area (Å²) in [5, 5.41) is 10.6. The number of nitrogens with two attached hydrogens (primary N) is 1. The van der Waals surface area contributed by atoms with Crippen molar-refractivity contribution in [3.05, 3.63) is 87.7 Å². The molecule has 5 aromatic rings. The Labute approximate surface area is 225 Å². The summed E-state index contributed by atoms with van der Waals surface area (Å²) in [6, 6.07) is 15.6. The zero-order valence-corrected chi connectivity index (χ0v) is 22.2. The van der Waals surface area contributed by atoms with Crippen LogP contribution in [0.25, 0.3) is 27.5 Å². The molecule has 0 bridgehead atoms. The van der Waals surface area contributed by atoms with E-state index in [2.05, 4.69) is 15.3 Å². The number of nitrogens with one attached hydrogen (secondary N) is 1. The number of carbonyl (C=O) groups excluding carboxylic acids is 1. The van der Waals surface area contributed by atoms with Crippen LogP contribution in [0.15, 0.2) is 59.7 Å². The Hall–Kier alpha value is -4.57. The number of carbonyl (C=O) groups is 1. The fourth-order valence-corrected chi connectivity index (χ4v) is 5.57. The van der Waals surface area contributed by atoms with E-state index in [0.717, 1.165) is 27.9 Å². The molecule has 6 rings (SSSR count). The number of anilines is 1. The number of para-hydroxylation sites is 1. The van der Waals surface area contributed by atoms with Gasteiger partial charge in [-0.15, -0.1) is 0 Å². The van der Waals surface area contributed by atoms with E-state index in [1.165, 1.54) is 6.33 Å².